The third-order valence-electron chi connectivity index (χ3n) is 7.21. The Balaban J connectivity index is 2.02. The molecule has 3 aromatic rings. The topological polar surface area (TPSA) is 0 Å². The quantitative estimate of drug-likeness (QED) is 0.396. The monoisotopic (exact) mass is 384 g/mol. The van der Waals surface area contributed by atoms with Crippen molar-refractivity contribution in [1.29, 1.82) is 0 Å². The van der Waals surface area contributed by atoms with Gasteiger partial charge in [0, 0.05) is 0 Å². The van der Waals surface area contributed by atoms with Crippen LogP contribution in [0.1, 0.15) is 39.5 Å². The van der Waals surface area contributed by atoms with Gasteiger partial charge in [-0.15, -0.1) is 0 Å². The van der Waals surface area contributed by atoms with E-state index < -0.39 is 8.07 Å². The Bertz CT molecular complexity index is 760. The highest BCUT2D eigenvalue weighted by molar-refractivity contribution is 7.12. The summed E-state index contributed by atoms with van der Waals surface area (Å²) in [6.45, 7) is 4.82. The summed E-state index contributed by atoms with van der Waals surface area (Å²) in [5.74, 6) is 1.69. The van der Waals surface area contributed by atoms with Crippen molar-refractivity contribution in [3.05, 3.63) is 91.0 Å². The van der Waals surface area contributed by atoms with E-state index in [-0.39, 0.29) is 0 Å². The lowest BCUT2D eigenvalue weighted by atomic mass is 9.91. The van der Waals surface area contributed by atoms with Crippen molar-refractivity contribution in [2.75, 3.05) is 0 Å². The number of benzene rings is 3. The van der Waals surface area contributed by atoms with Gasteiger partial charge in [-0.3, -0.25) is 0 Å². The highest BCUT2D eigenvalue weighted by Gasteiger charge is 2.52. The first-order chi connectivity index (χ1) is 13.8. The third-order valence-corrected chi connectivity index (χ3v) is 12.8. The molecule has 0 aromatic heterocycles. The summed E-state index contributed by atoms with van der Waals surface area (Å²) in [6.07, 6.45) is 5.37. The van der Waals surface area contributed by atoms with Gasteiger partial charge in [0.05, 0.1) is 0 Å². The van der Waals surface area contributed by atoms with E-state index in [0.717, 1.165) is 17.4 Å². The maximum Gasteiger partial charge on any atom is 0.151 e. The van der Waals surface area contributed by atoms with Gasteiger partial charge in [0.1, 0.15) is 0 Å². The molecule has 1 fully saturated rings. The molecule has 0 nitrogen and oxygen atoms in total. The molecule has 3 unspecified atom stereocenters. The van der Waals surface area contributed by atoms with E-state index in [1.54, 1.807) is 15.6 Å². The fourth-order valence-corrected chi connectivity index (χ4v) is 12.2. The highest BCUT2D eigenvalue weighted by atomic mass is 28.3. The fraction of sp³-hybridized carbons (Fsp3) is 0.333. The zero-order valence-electron chi connectivity index (χ0n) is 17.2. The number of rotatable bonds is 6. The molecule has 0 bridgehead atoms. The Kier molecular flexibility index (Phi) is 5.82. The molecular weight excluding hydrogens is 352 g/mol. The van der Waals surface area contributed by atoms with Crippen LogP contribution in [0.5, 0.6) is 0 Å². The average Bonchev–Trinajstić information content (AvgIpc) is 3.20. The molecule has 1 aliphatic rings. The van der Waals surface area contributed by atoms with Crippen molar-refractivity contribution >= 4 is 23.6 Å². The molecule has 0 aliphatic heterocycles. The van der Waals surface area contributed by atoms with Crippen LogP contribution in [-0.2, 0) is 0 Å². The van der Waals surface area contributed by atoms with Crippen molar-refractivity contribution in [3.63, 3.8) is 0 Å². The fourth-order valence-electron chi connectivity index (χ4n) is 6.06. The molecule has 3 atom stereocenters. The Morgan fingerprint density at radius 2 is 1.04 bits per heavy atom. The molecule has 1 saturated carbocycles. The normalized spacial score (nSPS) is 22.3. The van der Waals surface area contributed by atoms with Crippen molar-refractivity contribution in [2.24, 2.45) is 11.8 Å². The van der Waals surface area contributed by atoms with Crippen LogP contribution in [0.4, 0.5) is 0 Å². The van der Waals surface area contributed by atoms with Gasteiger partial charge in [0.2, 0.25) is 0 Å². The average molecular weight is 385 g/mol. The maximum atomic E-state index is 2.42. The first-order valence-corrected chi connectivity index (χ1v) is 13.1. The molecule has 144 valence electrons. The van der Waals surface area contributed by atoms with Crippen LogP contribution in [0.25, 0.3) is 0 Å². The molecule has 1 heteroatoms. The lowest BCUT2D eigenvalue weighted by molar-refractivity contribution is 0.365. The highest BCUT2D eigenvalue weighted by Crippen LogP contribution is 2.49. The Morgan fingerprint density at radius 1 is 0.607 bits per heavy atom. The second-order valence-corrected chi connectivity index (χ2v) is 12.4. The predicted octanol–water partition coefficient (Wildman–Crippen LogP) is 5.37. The van der Waals surface area contributed by atoms with Crippen molar-refractivity contribution in [1.82, 2.24) is 0 Å². The summed E-state index contributed by atoms with van der Waals surface area (Å²) in [4.78, 5) is 0. The van der Waals surface area contributed by atoms with Crippen LogP contribution in [0, 0.1) is 11.8 Å². The van der Waals surface area contributed by atoms with E-state index >= 15 is 0 Å². The third kappa shape index (κ3) is 3.16. The minimum Gasteiger partial charge on any atom is -0.0651 e. The first-order valence-electron chi connectivity index (χ1n) is 11.0. The second kappa shape index (κ2) is 8.49. The van der Waals surface area contributed by atoms with Crippen molar-refractivity contribution in [2.45, 2.75) is 45.1 Å². The molecule has 0 N–H and O–H groups in total. The Morgan fingerprint density at radius 3 is 1.39 bits per heavy atom. The van der Waals surface area contributed by atoms with Gasteiger partial charge in [0.25, 0.3) is 0 Å². The van der Waals surface area contributed by atoms with Crippen LogP contribution in [0.15, 0.2) is 91.0 Å². The first kappa shape index (κ1) is 19.2. The van der Waals surface area contributed by atoms with E-state index in [0.29, 0.717) is 0 Å². The molecule has 0 saturated heterocycles. The van der Waals surface area contributed by atoms with Crippen LogP contribution in [0.3, 0.4) is 0 Å². The Labute approximate surface area is 171 Å². The minimum absolute atomic E-state index is 0.759. The largest absolute Gasteiger partial charge is 0.151 e. The van der Waals surface area contributed by atoms with Gasteiger partial charge in [-0.1, -0.05) is 131 Å². The maximum absolute atomic E-state index is 2.42. The van der Waals surface area contributed by atoms with Crippen molar-refractivity contribution in [3.8, 4) is 0 Å². The van der Waals surface area contributed by atoms with Crippen molar-refractivity contribution < 1.29 is 0 Å². The van der Waals surface area contributed by atoms with Gasteiger partial charge >= 0.3 is 0 Å². The molecule has 0 amide bonds. The minimum atomic E-state index is -2.13. The lowest BCUT2D eigenvalue weighted by Gasteiger charge is -2.42. The summed E-state index contributed by atoms with van der Waals surface area (Å²) < 4.78 is 0. The number of hydrogen-bond acceptors (Lipinski definition) is 0. The second-order valence-electron chi connectivity index (χ2n) is 8.33. The molecule has 28 heavy (non-hydrogen) atoms. The molecule has 0 heterocycles. The van der Waals surface area contributed by atoms with Crippen LogP contribution in [0.2, 0.25) is 5.54 Å². The SMILES string of the molecule is CCC1CCC([Si](c2ccccc2)(c2ccccc2)c2ccccc2)C1CC. The molecule has 1 aliphatic carbocycles. The molecular formula is C27H32Si. The lowest BCUT2D eigenvalue weighted by Crippen LogP contribution is -2.70. The van der Waals surface area contributed by atoms with Crippen LogP contribution < -0.4 is 15.6 Å². The molecule has 3 aromatic carbocycles. The van der Waals surface area contributed by atoms with Gasteiger partial charge in [-0.25, -0.2) is 0 Å². The van der Waals surface area contributed by atoms with Gasteiger partial charge in [-0.2, -0.15) is 0 Å². The molecule has 4 rings (SSSR count). The van der Waals surface area contributed by atoms with E-state index in [9.17, 15) is 0 Å². The molecule has 0 spiro atoms. The van der Waals surface area contributed by atoms with E-state index in [4.69, 9.17) is 0 Å². The van der Waals surface area contributed by atoms with Gasteiger partial charge < -0.3 is 0 Å². The summed E-state index contributed by atoms with van der Waals surface area (Å²) >= 11 is 0. The van der Waals surface area contributed by atoms with E-state index in [2.05, 4.69) is 105 Å². The number of hydrogen-bond donors (Lipinski definition) is 0. The van der Waals surface area contributed by atoms with E-state index in [1.807, 2.05) is 0 Å². The summed E-state index contributed by atoms with van der Waals surface area (Å²) in [6, 6.07) is 34.5. The van der Waals surface area contributed by atoms with Gasteiger partial charge in [-0.05, 0) is 32.9 Å². The summed E-state index contributed by atoms with van der Waals surface area (Å²) in [5.41, 5.74) is 0.759. The summed E-state index contributed by atoms with van der Waals surface area (Å²) in [7, 11) is -2.13. The van der Waals surface area contributed by atoms with Gasteiger partial charge in [0.15, 0.2) is 8.07 Å². The van der Waals surface area contributed by atoms with E-state index in [1.165, 1.54) is 25.7 Å². The smallest absolute Gasteiger partial charge is 0.0651 e. The zero-order chi connectivity index (χ0) is 19.4. The standard InChI is InChI=1S/C27H32Si/c1-3-22-20-21-27(26(22)4-2)28(23-14-8-5-9-15-23,24-16-10-6-11-17-24)25-18-12-7-13-19-25/h5-19,22,26-27H,3-4,20-21H2,1-2H3. The molecule has 0 radical (unpaired) electrons. The summed E-state index contributed by atoms with van der Waals surface area (Å²) in [5, 5.41) is 4.73. The van der Waals surface area contributed by atoms with Crippen LogP contribution >= 0.6 is 0 Å². The predicted molar refractivity (Wildman–Crippen MR) is 125 cm³/mol. The zero-order valence-corrected chi connectivity index (χ0v) is 18.2. The van der Waals surface area contributed by atoms with Crippen LogP contribution in [-0.4, -0.2) is 8.07 Å². The Hall–Kier alpha value is -2.12.